The molecule has 2 heterocycles. The number of imidazole rings is 1. The lowest BCUT2D eigenvalue weighted by Crippen LogP contribution is -2.39. The maximum absolute atomic E-state index is 13.2. The summed E-state index contributed by atoms with van der Waals surface area (Å²) in [5.74, 6) is 0.542. The van der Waals surface area contributed by atoms with E-state index in [4.69, 9.17) is 4.74 Å². The Kier molecular flexibility index (Phi) is 4.98. The highest BCUT2D eigenvalue weighted by atomic mass is 19.1. The van der Waals surface area contributed by atoms with Crippen LogP contribution in [0, 0.1) is 5.82 Å². The Hall–Kier alpha value is -2.99. The number of rotatable bonds is 5. The van der Waals surface area contributed by atoms with Crippen molar-refractivity contribution < 1.29 is 13.9 Å². The number of benzene rings is 2. The van der Waals surface area contributed by atoms with E-state index in [0.29, 0.717) is 26.1 Å². The van der Waals surface area contributed by atoms with E-state index in [0.717, 1.165) is 22.6 Å². The van der Waals surface area contributed by atoms with Crippen LogP contribution in [0.5, 0.6) is 0 Å². The molecule has 0 aliphatic carbocycles. The lowest BCUT2D eigenvalue weighted by molar-refractivity contribution is -0.121. The zero-order valence-corrected chi connectivity index (χ0v) is 14.8. The Balaban J connectivity index is 1.39. The molecule has 6 heteroatoms. The third-order valence-corrected chi connectivity index (χ3v) is 4.65. The molecule has 1 amide bonds. The summed E-state index contributed by atoms with van der Waals surface area (Å²) in [6.07, 6.45) is 2.00. The zero-order chi connectivity index (χ0) is 18.6. The van der Waals surface area contributed by atoms with Gasteiger partial charge in [-0.25, -0.2) is 9.37 Å². The molecule has 5 nitrogen and oxygen atoms in total. The molecule has 0 fully saturated rings. The lowest BCUT2D eigenvalue weighted by atomic mass is 10.1. The van der Waals surface area contributed by atoms with Crippen molar-refractivity contribution in [3.05, 3.63) is 78.0 Å². The molecule has 0 saturated heterocycles. The van der Waals surface area contributed by atoms with E-state index >= 15 is 0 Å². The van der Waals surface area contributed by atoms with Gasteiger partial charge in [-0.1, -0.05) is 30.3 Å². The van der Waals surface area contributed by atoms with Gasteiger partial charge in [-0.05, 0) is 35.4 Å². The number of halogens is 1. The maximum atomic E-state index is 13.2. The topological polar surface area (TPSA) is 56.2 Å². The Morgan fingerprint density at radius 1 is 1.19 bits per heavy atom. The first-order valence-corrected chi connectivity index (χ1v) is 8.91. The highest BCUT2D eigenvalue weighted by Crippen LogP contribution is 2.25. The van der Waals surface area contributed by atoms with Gasteiger partial charge >= 0.3 is 0 Å². The number of amides is 1. The van der Waals surface area contributed by atoms with Gasteiger partial charge in [0.05, 0.1) is 31.0 Å². The van der Waals surface area contributed by atoms with E-state index in [1.165, 1.54) is 12.1 Å². The average molecular weight is 365 g/mol. The zero-order valence-electron chi connectivity index (χ0n) is 14.8. The van der Waals surface area contributed by atoms with Crippen LogP contribution in [0.15, 0.2) is 60.8 Å². The van der Waals surface area contributed by atoms with Gasteiger partial charge in [-0.2, -0.15) is 0 Å². The molecule has 0 spiro atoms. The fourth-order valence-corrected chi connectivity index (χ4v) is 3.23. The minimum Gasteiger partial charge on any atom is -0.367 e. The number of carbonyl (C=O) groups is 1. The Labute approximate surface area is 156 Å². The standard InChI is InChI=1S/C21H20FN3O2/c22-17-8-6-16(7-9-17)19-12-23-20-14-27-18(13-25(19)20)11-24-21(26)10-15-4-2-1-3-5-15/h1-9,12,18H,10-11,13-14H2,(H,24,26)/t18-/m0/s1. The highest BCUT2D eigenvalue weighted by Gasteiger charge is 2.23. The summed E-state index contributed by atoms with van der Waals surface area (Å²) >= 11 is 0. The summed E-state index contributed by atoms with van der Waals surface area (Å²) in [6.45, 7) is 1.42. The number of carbonyl (C=O) groups excluding carboxylic acids is 1. The van der Waals surface area contributed by atoms with Crippen LogP contribution in [0.25, 0.3) is 11.3 Å². The monoisotopic (exact) mass is 365 g/mol. The second-order valence-corrected chi connectivity index (χ2v) is 6.58. The largest absolute Gasteiger partial charge is 0.367 e. The second kappa shape index (κ2) is 7.72. The van der Waals surface area contributed by atoms with Crippen LogP contribution in [-0.2, 0) is 29.1 Å². The summed E-state index contributed by atoms with van der Waals surface area (Å²) < 4.78 is 21.1. The van der Waals surface area contributed by atoms with E-state index in [1.807, 2.05) is 30.3 Å². The number of nitrogens with zero attached hydrogens (tertiary/aromatic N) is 2. The van der Waals surface area contributed by atoms with E-state index < -0.39 is 0 Å². The lowest BCUT2D eigenvalue weighted by Gasteiger charge is -2.26. The normalized spacial score (nSPS) is 16.0. The van der Waals surface area contributed by atoms with Crippen molar-refractivity contribution in [2.45, 2.75) is 25.7 Å². The third kappa shape index (κ3) is 4.06. The van der Waals surface area contributed by atoms with Crippen molar-refractivity contribution >= 4 is 5.91 Å². The Morgan fingerprint density at radius 2 is 1.96 bits per heavy atom. The van der Waals surface area contributed by atoms with Gasteiger partial charge in [-0.3, -0.25) is 4.79 Å². The molecule has 1 aliphatic rings. The van der Waals surface area contributed by atoms with Gasteiger partial charge in [0.2, 0.25) is 5.91 Å². The Bertz CT molecular complexity index is 922. The van der Waals surface area contributed by atoms with E-state index in [1.54, 1.807) is 18.3 Å². The van der Waals surface area contributed by atoms with Crippen LogP contribution in [0.3, 0.4) is 0 Å². The van der Waals surface area contributed by atoms with Gasteiger partial charge in [0.1, 0.15) is 18.2 Å². The second-order valence-electron chi connectivity index (χ2n) is 6.58. The van der Waals surface area contributed by atoms with Gasteiger partial charge in [0, 0.05) is 6.54 Å². The van der Waals surface area contributed by atoms with Gasteiger partial charge < -0.3 is 14.6 Å². The number of fused-ring (bicyclic) bond motifs is 1. The smallest absolute Gasteiger partial charge is 0.224 e. The summed E-state index contributed by atoms with van der Waals surface area (Å²) in [6, 6.07) is 16.0. The van der Waals surface area contributed by atoms with Crippen molar-refractivity contribution in [3.8, 4) is 11.3 Å². The first kappa shape index (κ1) is 17.4. The molecule has 1 aromatic heterocycles. The van der Waals surface area contributed by atoms with Crippen molar-refractivity contribution in [2.24, 2.45) is 0 Å². The van der Waals surface area contributed by atoms with Crippen LogP contribution < -0.4 is 5.32 Å². The van der Waals surface area contributed by atoms with Gasteiger partial charge in [-0.15, -0.1) is 0 Å². The van der Waals surface area contributed by atoms with Crippen molar-refractivity contribution in [1.82, 2.24) is 14.9 Å². The van der Waals surface area contributed by atoms with Crippen molar-refractivity contribution in [2.75, 3.05) is 6.54 Å². The van der Waals surface area contributed by atoms with Crippen LogP contribution >= 0.6 is 0 Å². The summed E-state index contributed by atoms with van der Waals surface area (Å²) in [5, 5.41) is 2.94. The summed E-state index contributed by atoms with van der Waals surface area (Å²) in [7, 11) is 0. The van der Waals surface area contributed by atoms with Crippen LogP contribution in [0.2, 0.25) is 0 Å². The SMILES string of the molecule is O=C(Cc1ccccc1)NC[C@H]1Cn2c(-c3ccc(F)cc3)cnc2CO1. The van der Waals surface area contributed by atoms with E-state index in [2.05, 4.69) is 14.9 Å². The Morgan fingerprint density at radius 3 is 2.74 bits per heavy atom. The number of ether oxygens (including phenoxy) is 1. The molecule has 2 aromatic carbocycles. The average Bonchev–Trinajstić information content (AvgIpc) is 3.11. The summed E-state index contributed by atoms with van der Waals surface area (Å²) in [4.78, 5) is 16.5. The first-order chi connectivity index (χ1) is 13.2. The molecule has 1 N–H and O–H groups in total. The number of hydrogen-bond donors (Lipinski definition) is 1. The highest BCUT2D eigenvalue weighted by molar-refractivity contribution is 5.78. The number of hydrogen-bond acceptors (Lipinski definition) is 3. The molecule has 4 rings (SSSR count). The van der Waals surface area contributed by atoms with Gasteiger partial charge in [0.25, 0.3) is 0 Å². The molecule has 138 valence electrons. The predicted octanol–water partition coefficient (Wildman–Crippen LogP) is 2.95. The molecule has 0 saturated carbocycles. The van der Waals surface area contributed by atoms with Gasteiger partial charge in [0.15, 0.2) is 0 Å². The molecule has 3 aromatic rings. The van der Waals surface area contributed by atoms with Crippen LogP contribution in [0.1, 0.15) is 11.4 Å². The molecule has 1 aliphatic heterocycles. The number of nitrogens with one attached hydrogen (secondary N) is 1. The summed E-state index contributed by atoms with van der Waals surface area (Å²) in [5.41, 5.74) is 2.81. The molecule has 0 bridgehead atoms. The number of aromatic nitrogens is 2. The van der Waals surface area contributed by atoms with E-state index in [9.17, 15) is 9.18 Å². The van der Waals surface area contributed by atoms with E-state index in [-0.39, 0.29) is 17.8 Å². The molecule has 27 heavy (non-hydrogen) atoms. The molecule has 0 radical (unpaired) electrons. The molecular formula is C21H20FN3O2. The van der Waals surface area contributed by atoms with Crippen LogP contribution in [0.4, 0.5) is 4.39 Å². The predicted molar refractivity (Wildman–Crippen MR) is 99.4 cm³/mol. The molecule has 1 atom stereocenters. The third-order valence-electron chi connectivity index (χ3n) is 4.65. The fourth-order valence-electron chi connectivity index (χ4n) is 3.23. The molecule has 0 unspecified atom stereocenters. The van der Waals surface area contributed by atoms with Crippen molar-refractivity contribution in [1.29, 1.82) is 0 Å². The van der Waals surface area contributed by atoms with Crippen molar-refractivity contribution in [3.63, 3.8) is 0 Å². The first-order valence-electron chi connectivity index (χ1n) is 8.91. The maximum Gasteiger partial charge on any atom is 0.224 e. The quantitative estimate of drug-likeness (QED) is 0.756. The minimum atomic E-state index is -0.264. The fraction of sp³-hybridized carbons (Fsp3) is 0.238. The molecular weight excluding hydrogens is 345 g/mol. The minimum absolute atomic E-state index is 0.0278. The van der Waals surface area contributed by atoms with Crippen LogP contribution in [-0.4, -0.2) is 28.1 Å².